The molecule has 0 radical (unpaired) electrons. The first-order valence-corrected chi connectivity index (χ1v) is 8.50. The maximum atomic E-state index is 6.47. The molecular weight excluding hydrogens is 266 g/mol. The summed E-state index contributed by atoms with van der Waals surface area (Å²) >= 11 is 1.85. The molecule has 0 aliphatic heterocycles. The van der Waals surface area contributed by atoms with Gasteiger partial charge in [-0.05, 0) is 57.9 Å². The third-order valence-corrected chi connectivity index (χ3v) is 5.05. The van der Waals surface area contributed by atoms with Crippen LogP contribution in [-0.4, -0.2) is 49.1 Å². The smallest absolute Gasteiger partial charge is 0.0598 e. The third kappa shape index (κ3) is 4.29. The Balaban J connectivity index is 3.05. The molecule has 1 aromatic heterocycles. The van der Waals surface area contributed by atoms with Gasteiger partial charge in [0, 0.05) is 23.5 Å². The molecule has 116 valence electrons. The standard InChI is InChI=1S/C16H31N3S/c1-7-14(17)15(16-12(3)9-10-20-16)19(8-2)13(4)11-18(5)6/h9-10,13-15H,7-8,11,17H2,1-6H3. The van der Waals surface area contributed by atoms with Gasteiger partial charge in [-0.3, -0.25) is 4.90 Å². The average molecular weight is 298 g/mol. The van der Waals surface area contributed by atoms with Crippen LogP contribution in [0.25, 0.3) is 0 Å². The normalized spacial score (nSPS) is 16.6. The van der Waals surface area contributed by atoms with E-state index >= 15 is 0 Å². The Bertz CT molecular complexity index is 389. The SMILES string of the molecule is CCC(N)C(c1sccc1C)N(CC)C(C)CN(C)C. The summed E-state index contributed by atoms with van der Waals surface area (Å²) in [6.07, 6.45) is 1.01. The van der Waals surface area contributed by atoms with E-state index in [9.17, 15) is 0 Å². The molecule has 3 atom stereocenters. The van der Waals surface area contributed by atoms with E-state index in [4.69, 9.17) is 5.73 Å². The van der Waals surface area contributed by atoms with Crippen LogP contribution in [0.15, 0.2) is 11.4 Å². The Labute approximate surface area is 128 Å². The van der Waals surface area contributed by atoms with Gasteiger partial charge in [0.2, 0.25) is 0 Å². The molecule has 0 aliphatic rings. The summed E-state index contributed by atoms with van der Waals surface area (Å²) in [4.78, 5) is 6.25. The van der Waals surface area contributed by atoms with Crippen LogP contribution < -0.4 is 5.73 Å². The van der Waals surface area contributed by atoms with Crippen molar-refractivity contribution < 1.29 is 0 Å². The minimum absolute atomic E-state index is 0.192. The zero-order chi connectivity index (χ0) is 15.3. The number of nitrogens with two attached hydrogens (primary N) is 1. The number of aryl methyl sites for hydroxylation is 1. The second-order valence-corrected chi connectivity index (χ2v) is 6.87. The van der Waals surface area contributed by atoms with E-state index in [1.807, 2.05) is 11.3 Å². The zero-order valence-corrected chi connectivity index (χ0v) is 14.7. The minimum atomic E-state index is 0.192. The molecule has 4 heteroatoms. The van der Waals surface area contributed by atoms with E-state index in [-0.39, 0.29) is 6.04 Å². The second-order valence-electron chi connectivity index (χ2n) is 5.93. The van der Waals surface area contributed by atoms with Gasteiger partial charge in [-0.25, -0.2) is 0 Å². The Morgan fingerprint density at radius 1 is 1.30 bits per heavy atom. The molecule has 1 rings (SSSR count). The van der Waals surface area contributed by atoms with Crippen molar-refractivity contribution in [3.63, 3.8) is 0 Å². The summed E-state index contributed by atoms with van der Waals surface area (Å²) in [6.45, 7) is 11.0. The molecule has 0 amide bonds. The molecule has 1 aromatic rings. The van der Waals surface area contributed by atoms with Gasteiger partial charge in [-0.2, -0.15) is 0 Å². The number of nitrogens with zero attached hydrogens (tertiary/aromatic N) is 2. The number of rotatable bonds is 8. The van der Waals surface area contributed by atoms with Crippen LogP contribution in [0.1, 0.15) is 43.7 Å². The van der Waals surface area contributed by atoms with E-state index in [1.165, 1.54) is 10.4 Å². The lowest BCUT2D eigenvalue weighted by atomic mass is 9.99. The Morgan fingerprint density at radius 2 is 1.95 bits per heavy atom. The highest BCUT2D eigenvalue weighted by molar-refractivity contribution is 7.10. The van der Waals surface area contributed by atoms with E-state index in [1.54, 1.807) is 0 Å². The van der Waals surface area contributed by atoms with Crippen molar-refractivity contribution in [2.45, 2.75) is 52.2 Å². The van der Waals surface area contributed by atoms with Crippen LogP contribution in [0, 0.1) is 6.92 Å². The first-order valence-electron chi connectivity index (χ1n) is 7.62. The molecule has 1 heterocycles. The van der Waals surface area contributed by atoms with Crippen LogP contribution >= 0.6 is 11.3 Å². The number of hydrogen-bond donors (Lipinski definition) is 1. The molecule has 0 fully saturated rings. The van der Waals surface area contributed by atoms with Gasteiger partial charge < -0.3 is 10.6 Å². The van der Waals surface area contributed by atoms with Gasteiger partial charge in [0.1, 0.15) is 0 Å². The van der Waals surface area contributed by atoms with E-state index in [0.717, 1.165) is 19.5 Å². The second kappa shape index (κ2) is 8.13. The zero-order valence-electron chi connectivity index (χ0n) is 13.9. The highest BCUT2D eigenvalue weighted by atomic mass is 32.1. The van der Waals surface area contributed by atoms with Gasteiger partial charge in [-0.1, -0.05) is 13.8 Å². The van der Waals surface area contributed by atoms with Crippen LogP contribution in [0.4, 0.5) is 0 Å². The summed E-state index contributed by atoms with van der Waals surface area (Å²) < 4.78 is 0. The predicted octanol–water partition coefficient (Wildman–Crippen LogP) is 3.11. The maximum absolute atomic E-state index is 6.47. The first-order chi connectivity index (χ1) is 9.42. The average Bonchev–Trinajstić information content (AvgIpc) is 2.79. The fourth-order valence-electron chi connectivity index (χ4n) is 2.92. The third-order valence-electron chi connectivity index (χ3n) is 3.97. The maximum Gasteiger partial charge on any atom is 0.0598 e. The number of thiophene rings is 1. The van der Waals surface area contributed by atoms with Crippen LogP contribution in [-0.2, 0) is 0 Å². The quantitative estimate of drug-likeness (QED) is 0.800. The summed E-state index contributed by atoms with van der Waals surface area (Å²) in [5.74, 6) is 0. The minimum Gasteiger partial charge on any atom is -0.326 e. The van der Waals surface area contributed by atoms with E-state index in [2.05, 4.69) is 63.0 Å². The lowest BCUT2D eigenvalue weighted by Gasteiger charge is -2.39. The molecule has 0 saturated carbocycles. The van der Waals surface area contributed by atoms with Crippen molar-refractivity contribution in [1.29, 1.82) is 0 Å². The Morgan fingerprint density at radius 3 is 2.35 bits per heavy atom. The van der Waals surface area contributed by atoms with Crippen molar-refractivity contribution >= 4 is 11.3 Å². The van der Waals surface area contributed by atoms with Crippen molar-refractivity contribution in [3.05, 3.63) is 21.9 Å². The molecule has 0 aliphatic carbocycles. The fourth-order valence-corrected chi connectivity index (χ4v) is 4.04. The molecule has 0 bridgehead atoms. The van der Waals surface area contributed by atoms with E-state index < -0.39 is 0 Å². The molecular formula is C16H31N3S. The van der Waals surface area contributed by atoms with Crippen molar-refractivity contribution in [2.24, 2.45) is 5.73 Å². The van der Waals surface area contributed by atoms with Gasteiger partial charge in [0.25, 0.3) is 0 Å². The highest BCUT2D eigenvalue weighted by Crippen LogP contribution is 2.33. The number of likely N-dealkylation sites (N-methyl/N-ethyl adjacent to an activating group) is 2. The molecule has 0 spiro atoms. The monoisotopic (exact) mass is 297 g/mol. The van der Waals surface area contributed by atoms with Crippen LogP contribution in [0.2, 0.25) is 0 Å². The van der Waals surface area contributed by atoms with Gasteiger partial charge in [-0.15, -0.1) is 11.3 Å². The Hall–Kier alpha value is -0.420. The van der Waals surface area contributed by atoms with Crippen molar-refractivity contribution in [1.82, 2.24) is 9.80 Å². The predicted molar refractivity (Wildman–Crippen MR) is 90.5 cm³/mol. The molecule has 0 aromatic carbocycles. The fraction of sp³-hybridized carbons (Fsp3) is 0.750. The highest BCUT2D eigenvalue weighted by Gasteiger charge is 2.30. The largest absolute Gasteiger partial charge is 0.326 e. The van der Waals surface area contributed by atoms with Gasteiger partial charge in [0.15, 0.2) is 0 Å². The summed E-state index contributed by atoms with van der Waals surface area (Å²) in [6, 6.07) is 3.23. The molecule has 0 saturated heterocycles. The molecule has 3 unspecified atom stereocenters. The van der Waals surface area contributed by atoms with Crippen LogP contribution in [0.5, 0.6) is 0 Å². The molecule has 2 N–H and O–H groups in total. The summed E-state index contributed by atoms with van der Waals surface area (Å²) in [7, 11) is 4.27. The first kappa shape index (κ1) is 17.6. The van der Waals surface area contributed by atoms with Gasteiger partial charge in [0.05, 0.1) is 6.04 Å². The molecule has 3 nitrogen and oxygen atoms in total. The topological polar surface area (TPSA) is 32.5 Å². The summed E-state index contributed by atoms with van der Waals surface area (Å²) in [5.41, 5.74) is 7.85. The van der Waals surface area contributed by atoms with Crippen molar-refractivity contribution in [2.75, 3.05) is 27.2 Å². The Kier molecular flexibility index (Phi) is 7.17. The summed E-state index contributed by atoms with van der Waals surface area (Å²) in [5, 5.41) is 2.19. The van der Waals surface area contributed by atoms with Crippen molar-refractivity contribution in [3.8, 4) is 0 Å². The van der Waals surface area contributed by atoms with Crippen LogP contribution in [0.3, 0.4) is 0 Å². The lowest BCUT2D eigenvalue weighted by Crippen LogP contribution is -2.48. The lowest BCUT2D eigenvalue weighted by molar-refractivity contribution is 0.111. The van der Waals surface area contributed by atoms with E-state index in [0.29, 0.717) is 12.1 Å². The van der Waals surface area contributed by atoms with Gasteiger partial charge >= 0.3 is 0 Å². The number of hydrogen-bond acceptors (Lipinski definition) is 4. The molecule has 20 heavy (non-hydrogen) atoms.